The van der Waals surface area contributed by atoms with E-state index >= 15 is 0 Å². The molecule has 1 saturated carbocycles. The highest BCUT2D eigenvalue weighted by atomic mass is 32.2. The number of aromatic nitrogens is 2. The first-order chi connectivity index (χ1) is 8.31. The van der Waals surface area contributed by atoms with Crippen molar-refractivity contribution in [3.05, 3.63) is 11.4 Å². The van der Waals surface area contributed by atoms with Gasteiger partial charge in [-0.3, -0.25) is 4.68 Å². The topological polar surface area (TPSA) is 84.2 Å². The van der Waals surface area contributed by atoms with Gasteiger partial charge in [0.25, 0.3) is 0 Å². The van der Waals surface area contributed by atoms with E-state index in [1.165, 1.54) is 0 Å². The zero-order valence-electron chi connectivity index (χ0n) is 10.9. The summed E-state index contributed by atoms with van der Waals surface area (Å²) in [5.41, 5.74) is 0.877. The summed E-state index contributed by atoms with van der Waals surface area (Å²) in [4.78, 5) is 0.249. The van der Waals surface area contributed by atoms with Crippen molar-refractivity contribution in [3.63, 3.8) is 0 Å². The van der Waals surface area contributed by atoms with Gasteiger partial charge in [-0.1, -0.05) is 0 Å². The van der Waals surface area contributed by atoms with Crippen molar-refractivity contribution < 1.29 is 13.5 Å². The zero-order chi connectivity index (χ0) is 13.6. The van der Waals surface area contributed by atoms with Crippen LogP contribution < -0.4 is 4.72 Å². The standard InChI is InChI=1S/C11H19N3O3S/c1-8-10(9(2)14(3)13-8)18(16,17)12-6-11(7-15)4-5-11/h12,15H,4-7H2,1-3H3. The van der Waals surface area contributed by atoms with Crippen LogP contribution in [0.2, 0.25) is 0 Å². The molecule has 6 nitrogen and oxygen atoms in total. The van der Waals surface area contributed by atoms with Gasteiger partial charge in [0.2, 0.25) is 10.0 Å². The molecule has 0 radical (unpaired) electrons. The first kappa shape index (κ1) is 13.5. The van der Waals surface area contributed by atoms with Crippen LogP contribution in [0.3, 0.4) is 0 Å². The Bertz CT molecular complexity index is 558. The lowest BCUT2D eigenvalue weighted by Crippen LogP contribution is -2.32. The second-order valence-electron chi connectivity index (χ2n) is 5.11. The van der Waals surface area contributed by atoms with Gasteiger partial charge in [-0.25, -0.2) is 13.1 Å². The molecule has 0 aliphatic heterocycles. The largest absolute Gasteiger partial charge is 0.396 e. The lowest BCUT2D eigenvalue weighted by molar-refractivity contribution is 0.213. The highest BCUT2D eigenvalue weighted by Gasteiger charge is 2.43. The molecule has 1 fully saturated rings. The molecular formula is C11H19N3O3S. The van der Waals surface area contributed by atoms with Crippen molar-refractivity contribution in [2.24, 2.45) is 12.5 Å². The summed E-state index contributed by atoms with van der Waals surface area (Å²) in [6.07, 6.45) is 1.74. The number of aliphatic hydroxyl groups excluding tert-OH is 1. The predicted octanol–water partition coefficient (Wildman–Crippen LogP) is 0.0877. The van der Waals surface area contributed by atoms with E-state index in [9.17, 15) is 13.5 Å². The lowest BCUT2D eigenvalue weighted by Gasteiger charge is -2.13. The summed E-state index contributed by atoms with van der Waals surface area (Å²) >= 11 is 0. The van der Waals surface area contributed by atoms with E-state index in [-0.39, 0.29) is 16.9 Å². The average molecular weight is 273 g/mol. The smallest absolute Gasteiger partial charge is 0.244 e. The Kier molecular flexibility index (Phi) is 3.25. The van der Waals surface area contributed by atoms with E-state index in [0.717, 1.165) is 12.8 Å². The van der Waals surface area contributed by atoms with E-state index < -0.39 is 10.0 Å². The third-order valence-electron chi connectivity index (χ3n) is 3.64. The molecule has 0 unspecified atom stereocenters. The maximum Gasteiger partial charge on any atom is 0.244 e. The molecule has 1 heterocycles. The van der Waals surface area contributed by atoms with Gasteiger partial charge >= 0.3 is 0 Å². The molecule has 2 rings (SSSR count). The van der Waals surface area contributed by atoms with Gasteiger partial charge in [0.05, 0.1) is 11.4 Å². The number of rotatable bonds is 5. The van der Waals surface area contributed by atoms with Crippen molar-refractivity contribution in [3.8, 4) is 0 Å². The number of aryl methyl sites for hydroxylation is 2. The first-order valence-corrected chi connectivity index (χ1v) is 7.40. The highest BCUT2D eigenvalue weighted by Crippen LogP contribution is 2.44. The second-order valence-corrected chi connectivity index (χ2v) is 6.81. The molecule has 102 valence electrons. The minimum Gasteiger partial charge on any atom is -0.396 e. The quantitative estimate of drug-likeness (QED) is 0.796. The summed E-state index contributed by atoms with van der Waals surface area (Å²) in [6, 6.07) is 0. The summed E-state index contributed by atoms with van der Waals surface area (Å²) in [5, 5.41) is 13.3. The highest BCUT2D eigenvalue weighted by molar-refractivity contribution is 7.89. The van der Waals surface area contributed by atoms with Gasteiger partial charge < -0.3 is 5.11 Å². The molecule has 18 heavy (non-hydrogen) atoms. The minimum absolute atomic E-state index is 0.0283. The van der Waals surface area contributed by atoms with Crippen molar-refractivity contribution in [1.29, 1.82) is 0 Å². The summed E-state index contributed by atoms with van der Waals surface area (Å²) in [7, 11) is -1.83. The molecule has 1 aliphatic carbocycles. The fourth-order valence-corrected chi connectivity index (χ4v) is 3.62. The summed E-state index contributed by atoms with van der Waals surface area (Å²) in [6.45, 7) is 3.73. The van der Waals surface area contributed by atoms with Crippen molar-refractivity contribution in [1.82, 2.24) is 14.5 Å². The molecule has 0 spiro atoms. The van der Waals surface area contributed by atoms with Crippen molar-refractivity contribution in [2.75, 3.05) is 13.2 Å². The maximum absolute atomic E-state index is 12.2. The van der Waals surface area contributed by atoms with Crippen LogP contribution in [0.5, 0.6) is 0 Å². The fourth-order valence-electron chi connectivity index (χ4n) is 2.03. The van der Waals surface area contributed by atoms with E-state index in [1.807, 2.05) is 0 Å². The van der Waals surface area contributed by atoms with E-state index in [4.69, 9.17) is 0 Å². The Balaban J connectivity index is 2.21. The van der Waals surface area contributed by atoms with E-state index in [1.54, 1.807) is 25.6 Å². The van der Waals surface area contributed by atoms with Crippen LogP contribution in [0.25, 0.3) is 0 Å². The SMILES string of the molecule is Cc1nn(C)c(C)c1S(=O)(=O)NCC1(CO)CC1. The molecule has 1 aromatic heterocycles. The van der Waals surface area contributed by atoms with Crippen LogP contribution in [-0.2, 0) is 17.1 Å². The number of nitrogens with one attached hydrogen (secondary N) is 1. The van der Waals surface area contributed by atoms with Crippen LogP contribution >= 0.6 is 0 Å². The Hall–Kier alpha value is -0.920. The van der Waals surface area contributed by atoms with Gasteiger partial charge in [0.1, 0.15) is 4.90 Å². The van der Waals surface area contributed by atoms with Gasteiger partial charge in [-0.05, 0) is 26.7 Å². The van der Waals surface area contributed by atoms with Crippen LogP contribution in [-0.4, -0.2) is 36.5 Å². The number of hydrogen-bond acceptors (Lipinski definition) is 4. The lowest BCUT2D eigenvalue weighted by atomic mass is 10.1. The molecule has 0 bridgehead atoms. The molecule has 7 heteroatoms. The second kappa shape index (κ2) is 4.32. The van der Waals surface area contributed by atoms with Crippen LogP contribution in [0.1, 0.15) is 24.2 Å². The van der Waals surface area contributed by atoms with Crippen molar-refractivity contribution in [2.45, 2.75) is 31.6 Å². The third-order valence-corrected chi connectivity index (χ3v) is 5.29. The third kappa shape index (κ3) is 2.30. The van der Waals surface area contributed by atoms with Gasteiger partial charge in [-0.15, -0.1) is 0 Å². The molecule has 2 N–H and O–H groups in total. The Labute approximate surface area is 107 Å². The van der Waals surface area contributed by atoms with Crippen LogP contribution in [0.15, 0.2) is 4.90 Å². The Morgan fingerprint density at radius 1 is 1.44 bits per heavy atom. The summed E-state index contributed by atoms with van der Waals surface area (Å²) < 4.78 is 28.6. The van der Waals surface area contributed by atoms with Crippen LogP contribution in [0, 0.1) is 19.3 Å². The van der Waals surface area contributed by atoms with E-state index in [0.29, 0.717) is 17.9 Å². The number of sulfonamides is 1. The predicted molar refractivity (Wildman–Crippen MR) is 66.6 cm³/mol. The number of nitrogens with zero attached hydrogens (tertiary/aromatic N) is 2. The molecule has 1 aromatic rings. The minimum atomic E-state index is -3.55. The molecular weight excluding hydrogens is 254 g/mol. The van der Waals surface area contributed by atoms with Crippen LogP contribution in [0.4, 0.5) is 0 Å². The molecule has 0 aromatic carbocycles. The number of aliphatic hydroxyl groups is 1. The van der Waals surface area contributed by atoms with Crippen molar-refractivity contribution >= 4 is 10.0 Å². The zero-order valence-corrected chi connectivity index (χ0v) is 11.7. The molecule has 0 atom stereocenters. The average Bonchev–Trinajstić information content (AvgIpc) is 3.01. The summed E-state index contributed by atoms with van der Waals surface area (Å²) in [5.74, 6) is 0. The molecule has 1 aliphatic rings. The molecule has 0 amide bonds. The van der Waals surface area contributed by atoms with Gasteiger partial charge in [0.15, 0.2) is 0 Å². The fraction of sp³-hybridized carbons (Fsp3) is 0.727. The maximum atomic E-state index is 12.2. The first-order valence-electron chi connectivity index (χ1n) is 5.92. The number of hydrogen-bond donors (Lipinski definition) is 2. The van der Waals surface area contributed by atoms with E-state index in [2.05, 4.69) is 9.82 Å². The normalized spacial score (nSPS) is 18.0. The monoisotopic (exact) mass is 273 g/mol. The Morgan fingerprint density at radius 2 is 2.06 bits per heavy atom. The van der Waals surface area contributed by atoms with Gasteiger partial charge in [0, 0.05) is 25.6 Å². The molecule has 0 saturated heterocycles. The Morgan fingerprint density at radius 3 is 2.44 bits per heavy atom. The van der Waals surface area contributed by atoms with Gasteiger partial charge in [-0.2, -0.15) is 5.10 Å².